The molecule has 0 fully saturated rings. The number of halogens is 1. The molecule has 0 saturated carbocycles. The molecule has 0 radical (unpaired) electrons. The van der Waals surface area contributed by atoms with Gasteiger partial charge in [-0.2, -0.15) is 5.92 Å². The van der Waals surface area contributed by atoms with Gasteiger partial charge in [-0.1, -0.05) is 42.6 Å². The number of hydrogen-bond acceptors (Lipinski definition) is 0. The fourth-order valence-electron chi connectivity index (χ4n) is 1.02. The maximum atomic E-state index is 5.73. The first-order valence-corrected chi connectivity index (χ1v) is 4.14. The van der Waals surface area contributed by atoms with Crippen LogP contribution in [-0.2, 0) is 39.1 Å². The van der Waals surface area contributed by atoms with Crippen LogP contribution in [0.5, 0.6) is 0 Å². The van der Waals surface area contributed by atoms with Gasteiger partial charge in [0.15, 0.2) is 0 Å². The molecular weight excluding hydrogens is 244 g/mol. The van der Waals surface area contributed by atoms with Crippen molar-refractivity contribution in [2.75, 3.05) is 0 Å². The summed E-state index contributed by atoms with van der Waals surface area (Å²) >= 11 is 5.73. The summed E-state index contributed by atoms with van der Waals surface area (Å²) in [4.78, 5) is 0. The van der Waals surface area contributed by atoms with Crippen molar-refractivity contribution in [3.8, 4) is 0 Å². The summed E-state index contributed by atoms with van der Waals surface area (Å²) in [7, 11) is 0. The molecular formula is C10H12ClY+2. The van der Waals surface area contributed by atoms with E-state index in [2.05, 4.69) is 13.8 Å². The largest absolute Gasteiger partial charge is 3.00 e. The number of hydrogen-bond donors (Lipinski definition) is 0. The van der Waals surface area contributed by atoms with Gasteiger partial charge in [-0.15, -0.1) is 0 Å². The topological polar surface area (TPSA) is 0 Å². The van der Waals surface area contributed by atoms with Crippen LogP contribution in [-0.4, -0.2) is 0 Å². The third kappa shape index (κ3) is 4.59. The van der Waals surface area contributed by atoms with Gasteiger partial charge in [0.2, 0.25) is 0 Å². The Bertz CT molecular complexity index is 216. The molecule has 0 aliphatic carbocycles. The predicted octanol–water partition coefficient (Wildman–Crippen LogP) is 3.35. The normalized spacial score (nSPS) is 11.9. The first-order valence-electron chi connectivity index (χ1n) is 3.76. The zero-order valence-electron chi connectivity index (χ0n) is 7.26. The van der Waals surface area contributed by atoms with Crippen LogP contribution < -0.4 is 0 Å². The van der Waals surface area contributed by atoms with Crippen LogP contribution in [0.3, 0.4) is 0 Å². The summed E-state index contributed by atoms with van der Waals surface area (Å²) in [5.74, 6) is 0.469. The van der Waals surface area contributed by atoms with Gasteiger partial charge in [-0.25, -0.2) is 0 Å². The van der Waals surface area contributed by atoms with Crippen molar-refractivity contribution in [1.29, 1.82) is 0 Å². The number of rotatable bonds is 2. The third-order valence-corrected chi connectivity index (χ3v) is 1.75. The molecule has 1 aromatic rings. The van der Waals surface area contributed by atoms with Gasteiger partial charge in [0.1, 0.15) is 0 Å². The standard InChI is InChI=1S/C10H12Cl.Y/c1-8(2)7-9-3-5-10(11)6-4-9;/h3-6,8H,1,7H2,2H3;/q-1;+3. The van der Waals surface area contributed by atoms with Crippen LogP contribution in [0.1, 0.15) is 12.5 Å². The van der Waals surface area contributed by atoms with Crippen molar-refractivity contribution in [3.05, 3.63) is 41.8 Å². The van der Waals surface area contributed by atoms with E-state index in [1.54, 1.807) is 0 Å². The average molecular weight is 257 g/mol. The van der Waals surface area contributed by atoms with E-state index in [9.17, 15) is 0 Å². The van der Waals surface area contributed by atoms with Crippen LogP contribution in [0.25, 0.3) is 0 Å². The minimum atomic E-state index is 0. The molecule has 0 N–H and O–H groups in total. The Balaban J connectivity index is 0.00000121. The van der Waals surface area contributed by atoms with E-state index in [1.807, 2.05) is 24.3 Å². The van der Waals surface area contributed by atoms with Gasteiger partial charge < -0.3 is 6.92 Å². The summed E-state index contributed by atoms with van der Waals surface area (Å²) in [5, 5.41) is 0.797. The monoisotopic (exact) mass is 256 g/mol. The first-order chi connectivity index (χ1) is 5.18. The zero-order chi connectivity index (χ0) is 8.27. The molecule has 1 atom stereocenters. The van der Waals surface area contributed by atoms with Crippen LogP contribution in [0.2, 0.25) is 5.02 Å². The van der Waals surface area contributed by atoms with Crippen LogP contribution in [0, 0.1) is 12.8 Å². The molecule has 60 valence electrons. The zero-order valence-corrected chi connectivity index (χ0v) is 10.9. The molecule has 0 aromatic heterocycles. The van der Waals surface area contributed by atoms with Gasteiger partial charge in [0.25, 0.3) is 0 Å². The Hall–Kier alpha value is 0.614. The second kappa shape index (κ2) is 6.13. The maximum Gasteiger partial charge on any atom is 3.00 e. The molecule has 0 bridgehead atoms. The minimum Gasteiger partial charge on any atom is -0.340 e. The summed E-state index contributed by atoms with van der Waals surface area (Å²) < 4.78 is 0. The molecule has 1 unspecified atom stereocenters. The van der Waals surface area contributed by atoms with Crippen molar-refractivity contribution in [2.24, 2.45) is 5.92 Å². The first kappa shape index (κ1) is 12.6. The summed E-state index contributed by atoms with van der Waals surface area (Å²) in [5.41, 5.74) is 1.30. The van der Waals surface area contributed by atoms with Gasteiger partial charge in [-0.3, -0.25) is 0 Å². The molecule has 0 spiro atoms. The van der Waals surface area contributed by atoms with Crippen molar-refractivity contribution >= 4 is 11.6 Å². The quantitative estimate of drug-likeness (QED) is 0.712. The molecule has 12 heavy (non-hydrogen) atoms. The van der Waals surface area contributed by atoms with Crippen molar-refractivity contribution in [1.82, 2.24) is 0 Å². The van der Waals surface area contributed by atoms with E-state index < -0.39 is 0 Å². The Labute approximate surface area is 105 Å². The van der Waals surface area contributed by atoms with Crippen LogP contribution >= 0.6 is 11.6 Å². The van der Waals surface area contributed by atoms with Crippen molar-refractivity contribution < 1.29 is 32.7 Å². The fraction of sp³-hybridized carbons (Fsp3) is 0.300. The van der Waals surface area contributed by atoms with Crippen molar-refractivity contribution in [2.45, 2.75) is 13.3 Å². The minimum absolute atomic E-state index is 0. The van der Waals surface area contributed by atoms with E-state index in [0.29, 0.717) is 5.92 Å². The Morgan fingerprint density at radius 3 is 2.25 bits per heavy atom. The molecule has 0 saturated heterocycles. The smallest absolute Gasteiger partial charge is 0.340 e. The molecule has 0 nitrogen and oxygen atoms in total. The van der Waals surface area contributed by atoms with Crippen molar-refractivity contribution in [3.63, 3.8) is 0 Å². The number of benzene rings is 1. The Morgan fingerprint density at radius 2 is 1.83 bits per heavy atom. The molecule has 1 aromatic carbocycles. The Kier molecular flexibility index (Phi) is 6.44. The van der Waals surface area contributed by atoms with Gasteiger partial charge in [0.05, 0.1) is 0 Å². The van der Waals surface area contributed by atoms with E-state index in [4.69, 9.17) is 11.6 Å². The van der Waals surface area contributed by atoms with Crippen LogP contribution in [0.4, 0.5) is 0 Å². The van der Waals surface area contributed by atoms with Gasteiger partial charge in [-0.05, 0) is 12.1 Å². The second-order valence-corrected chi connectivity index (χ2v) is 3.37. The predicted molar refractivity (Wildman–Crippen MR) is 49.7 cm³/mol. The molecule has 2 heteroatoms. The fourth-order valence-corrected chi connectivity index (χ4v) is 1.15. The third-order valence-electron chi connectivity index (χ3n) is 1.50. The summed E-state index contributed by atoms with van der Waals surface area (Å²) in [6.07, 6.45) is 1.02. The molecule has 0 heterocycles. The summed E-state index contributed by atoms with van der Waals surface area (Å²) in [6.45, 7) is 6.03. The summed E-state index contributed by atoms with van der Waals surface area (Å²) in [6, 6.07) is 7.92. The molecule has 0 amide bonds. The van der Waals surface area contributed by atoms with Gasteiger partial charge >= 0.3 is 32.7 Å². The van der Waals surface area contributed by atoms with E-state index >= 15 is 0 Å². The second-order valence-electron chi connectivity index (χ2n) is 2.94. The van der Waals surface area contributed by atoms with Gasteiger partial charge in [0, 0.05) is 5.02 Å². The molecule has 1 rings (SSSR count). The SMILES string of the molecule is [CH2-]C(C)Cc1ccc(Cl)cc1.[Y+3]. The van der Waals surface area contributed by atoms with E-state index in [1.165, 1.54) is 5.56 Å². The van der Waals surface area contributed by atoms with Crippen LogP contribution in [0.15, 0.2) is 24.3 Å². The average Bonchev–Trinajstić information content (AvgIpc) is 1.93. The Morgan fingerprint density at radius 1 is 1.33 bits per heavy atom. The van der Waals surface area contributed by atoms with E-state index in [-0.39, 0.29) is 32.7 Å². The maximum absolute atomic E-state index is 5.73. The van der Waals surface area contributed by atoms with E-state index in [0.717, 1.165) is 11.4 Å². The molecule has 0 aliphatic heterocycles. The molecule has 0 aliphatic rings.